The minimum Gasteiger partial charge on any atom is -0.377 e. The Bertz CT molecular complexity index is 372. The van der Waals surface area contributed by atoms with Crippen molar-refractivity contribution in [1.82, 2.24) is 5.32 Å². The van der Waals surface area contributed by atoms with Gasteiger partial charge in [0.05, 0.1) is 12.1 Å². The Kier molecular flexibility index (Phi) is 3.93. The Labute approximate surface area is 122 Å². The van der Waals surface area contributed by atoms with Gasteiger partial charge in [-0.2, -0.15) is 0 Å². The lowest BCUT2D eigenvalue weighted by molar-refractivity contribution is -0.0986. The zero-order valence-corrected chi connectivity index (χ0v) is 12.9. The molecular weight excluding hydrogens is 250 g/mol. The quantitative estimate of drug-likeness (QED) is 0.464. The smallest absolute Gasteiger partial charge is 0.189 e. The topological polar surface area (TPSA) is 59.6 Å². The molecule has 0 aromatic rings. The molecule has 3 atom stereocenters. The molecule has 114 valence electrons. The fraction of sp³-hybridized carbons (Fsp3) is 0.938. The maximum absolute atomic E-state index is 6.17. The minimum absolute atomic E-state index is 0.136. The van der Waals surface area contributed by atoms with E-state index in [9.17, 15) is 0 Å². The highest BCUT2D eigenvalue weighted by Crippen LogP contribution is 2.53. The lowest BCUT2D eigenvalue weighted by atomic mass is 9.57. The highest BCUT2D eigenvalue weighted by molar-refractivity contribution is 5.78. The largest absolute Gasteiger partial charge is 0.377 e. The molecule has 0 amide bonds. The molecule has 0 radical (unpaired) electrons. The van der Waals surface area contributed by atoms with E-state index in [2.05, 4.69) is 19.2 Å². The summed E-state index contributed by atoms with van der Waals surface area (Å²) in [7, 11) is 0. The lowest BCUT2D eigenvalue weighted by Crippen LogP contribution is -2.60. The number of nitrogens with two attached hydrogens (primary N) is 1. The van der Waals surface area contributed by atoms with E-state index in [1.807, 2.05) is 0 Å². The number of fused-ring (bicyclic) bond motifs is 1. The van der Waals surface area contributed by atoms with Crippen LogP contribution < -0.4 is 11.1 Å². The van der Waals surface area contributed by atoms with E-state index in [0.29, 0.717) is 30.1 Å². The molecule has 2 saturated carbocycles. The summed E-state index contributed by atoms with van der Waals surface area (Å²) in [5, 5.41) is 3.46. The van der Waals surface area contributed by atoms with Crippen LogP contribution in [0.2, 0.25) is 0 Å². The van der Waals surface area contributed by atoms with Crippen LogP contribution in [0.5, 0.6) is 0 Å². The third kappa shape index (κ3) is 2.54. The van der Waals surface area contributed by atoms with E-state index in [-0.39, 0.29) is 5.41 Å². The molecule has 20 heavy (non-hydrogen) atoms. The first-order chi connectivity index (χ1) is 9.59. The molecule has 4 nitrogen and oxygen atoms in total. The Morgan fingerprint density at radius 3 is 2.55 bits per heavy atom. The van der Waals surface area contributed by atoms with Gasteiger partial charge in [-0.1, -0.05) is 39.5 Å². The third-order valence-electron chi connectivity index (χ3n) is 5.52. The minimum atomic E-state index is 0.136. The van der Waals surface area contributed by atoms with Gasteiger partial charge in [0.25, 0.3) is 0 Å². The summed E-state index contributed by atoms with van der Waals surface area (Å²) < 4.78 is 5.81. The van der Waals surface area contributed by atoms with Gasteiger partial charge >= 0.3 is 0 Å². The molecule has 2 aliphatic carbocycles. The maximum atomic E-state index is 6.17. The van der Waals surface area contributed by atoms with Crippen molar-refractivity contribution < 1.29 is 4.74 Å². The predicted octanol–water partition coefficient (Wildman–Crippen LogP) is 2.43. The number of guanidine groups is 1. The Balaban J connectivity index is 1.60. The van der Waals surface area contributed by atoms with E-state index in [0.717, 1.165) is 13.0 Å². The molecule has 3 fully saturated rings. The summed E-state index contributed by atoms with van der Waals surface area (Å²) in [4.78, 5) is 4.81. The maximum Gasteiger partial charge on any atom is 0.189 e. The number of rotatable bonds is 2. The fourth-order valence-corrected chi connectivity index (χ4v) is 4.38. The molecule has 1 saturated heterocycles. The summed E-state index contributed by atoms with van der Waals surface area (Å²) in [6.07, 6.45) is 9.37. The van der Waals surface area contributed by atoms with Gasteiger partial charge in [0.15, 0.2) is 5.96 Å². The first-order valence-corrected chi connectivity index (χ1v) is 8.30. The number of hydrogen-bond acceptors (Lipinski definition) is 2. The molecule has 0 aromatic heterocycles. The van der Waals surface area contributed by atoms with Gasteiger partial charge in [0.2, 0.25) is 0 Å². The van der Waals surface area contributed by atoms with Crippen molar-refractivity contribution in [1.29, 1.82) is 0 Å². The standard InChI is InChI=1S/C16H29N3O/c1-16(2)13(12-9-10-20-14(12)16)19-15(17)18-11-7-5-3-4-6-8-11/h11-14H,3-10H2,1-2H3,(H3,17,18,19). The molecule has 0 bridgehead atoms. The molecule has 0 spiro atoms. The van der Waals surface area contributed by atoms with Crippen LogP contribution in [0.3, 0.4) is 0 Å². The first kappa shape index (κ1) is 14.2. The van der Waals surface area contributed by atoms with Crippen molar-refractivity contribution in [2.24, 2.45) is 22.1 Å². The highest BCUT2D eigenvalue weighted by atomic mass is 16.5. The van der Waals surface area contributed by atoms with Crippen molar-refractivity contribution in [3.63, 3.8) is 0 Å². The zero-order valence-electron chi connectivity index (χ0n) is 12.9. The molecule has 3 N–H and O–H groups in total. The lowest BCUT2D eigenvalue weighted by Gasteiger charge is -2.52. The second kappa shape index (κ2) is 5.55. The number of ether oxygens (including phenoxy) is 1. The van der Waals surface area contributed by atoms with Gasteiger partial charge in [0.1, 0.15) is 0 Å². The Morgan fingerprint density at radius 2 is 1.85 bits per heavy atom. The van der Waals surface area contributed by atoms with Gasteiger partial charge < -0.3 is 15.8 Å². The summed E-state index contributed by atoms with van der Waals surface area (Å²) in [5.41, 5.74) is 6.30. The summed E-state index contributed by atoms with van der Waals surface area (Å²) >= 11 is 0. The van der Waals surface area contributed by atoms with Crippen LogP contribution in [0.15, 0.2) is 4.99 Å². The van der Waals surface area contributed by atoms with Gasteiger partial charge in [-0.3, -0.25) is 0 Å². The van der Waals surface area contributed by atoms with Crippen molar-refractivity contribution in [3.8, 4) is 0 Å². The molecule has 4 heteroatoms. The fourth-order valence-electron chi connectivity index (χ4n) is 4.38. The van der Waals surface area contributed by atoms with E-state index >= 15 is 0 Å². The summed E-state index contributed by atoms with van der Waals surface area (Å²) in [5.74, 6) is 1.24. The molecular formula is C16H29N3O. The van der Waals surface area contributed by atoms with Gasteiger partial charge in [0, 0.05) is 24.0 Å². The average Bonchev–Trinajstić information content (AvgIpc) is 2.72. The Morgan fingerprint density at radius 1 is 1.15 bits per heavy atom. The second-order valence-corrected chi connectivity index (χ2v) is 7.36. The third-order valence-corrected chi connectivity index (χ3v) is 5.52. The van der Waals surface area contributed by atoms with Gasteiger partial charge in [-0.15, -0.1) is 0 Å². The van der Waals surface area contributed by atoms with Crippen LogP contribution in [0, 0.1) is 11.3 Å². The summed E-state index contributed by atoms with van der Waals surface area (Å²) in [6, 6.07) is 0.855. The van der Waals surface area contributed by atoms with E-state index in [1.54, 1.807) is 0 Å². The molecule has 1 aliphatic heterocycles. The molecule has 0 aromatic carbocycles. The van der Waals surface area contributed by atoms with Gasteiger partial charge in [-0.05, 0) is 19.3 Å². The van der Waals surface area contributed by atoms with Crippen molar-refractivity contribution in [3.05, 3.63) is 0 Å². The van der Waals surface area contributed by atoms with Crippen molar-refractivity contribution >= 4 is 5.96 Å². The van der Waals surface area contributed by atoms with Crippen molar-refractivity contribution in [2.45, 2.75) is 77.0 Å². The van der Waals surface area contributed by atoms with E-state index in [4.69, 9.17) is 15.5 Å². The first-order valence-electron chi connectivity index (χ1n) is 8.30. The Hall–Kier alpha value is -0.770. The number of nitrogens with one attached hydrogen (secondary N) is 1. The molecule has 1 heterocycles. The molecule has 3 unspecified atom stereocenters. The monoisotopic (exact) mass is 279 g/mol. The van der Waals surface area contributed by atoms with Crippen LogP contribution in [-0.4, -0.2) is 30.8 Å². The number of nitrogens with zero attached hydrogens (tertiary/aromatic N) is 1. The molecule has 3 rings (SSSR count). The number of aliphatic imine (C=N–C) groups is 1. The number of hydrogen-bond donors (Lipinski definition) is 2. The van der Waals surface area contributed by atoms with Gasteiger partial charge in [-0.25, -0.2) is 4.99 Å². The van der Waals surface area contributed by atoms with Crippen LogP contribution in [0.1, 0.15) is 58.8 Å². The molecule has 3 aliphatic rings. The van der Waals surface area contributed by atoms with Crippen molar-refractivity contribution in [2.75, 3.05) is 6.61 Å². The zero-order chi connectivity index (χ0) is 14.2. The van der Waals surface area contributed by atoms with E-state index in [1.165, 1.54) is 38.5 Å². The average molecular weight is 279 g/mol. The van der Waals surface area contributed by atoms with Crippen LogP contribution >= 0.6 is 0 Å². The highest BCUT2D eigenvalue weighted by Gasteiger charge is 2.59. The van der Waals surface area contributed by atoms with Crippen LogP contribution in [0.4, 0.5) is 0 Å². The van der Waals surface area contributed by atoms with E-state index < -0.39 is 0 Å². The second-order valence-electron chi connectivity index (χ2n) is 7.36. The normalized spacial score (nSPS) is 37.9. The predicted molar refractivity (Wildman–Crippen MR) is 81.7 cm³/mol. The van der Waals surface area contributed by atoms with Crippen LogP contribution in [0.25, 0.3) is 0 Å². The SMILES string of the molecule is CC1(C)C(N=C(N)NC2CCCCCC2)C2CCOC21. The van der Waals surface area contributed by atoms with Crippen LogP contribution in [-0.2, 0) is 4.74 Å². The summed E-state index contributed by atoms with van der Waals surface area (Å²) in [6.45, 7) is 5.40.